The Morgan fingerprint density at radius 3 is 2.33 bits per heavy atom. The summed E-state index contributed by atoms with van der Waals surface area (Å²) in [5.74, 6) is 5.11. The van der Waals surface area contributed by atoms with Crippen LogP contribution in [0.4, 0.5) is 0 Å². The molecule has 0 unspecified atom stereocenters. The van der Waals surface area contributed by atoms with E-state index in [1.165, 1.54) is 0 Å². The molecule has 0 aliphatic rings. The molecule has 0 aliphatic carbocycles. The molecule has 0 nitrogen and oxygen atoms in total. The van der Waals surface area contributed by atoms with Crippen molar-refractivity contribution in [2.75, 3.05) is 6.26 Å². The summed E-state index contributed by atoms with van der Waals surface area (Å²) in [5.41, 5.74) is 1.58. The fourth-order valence-corrected chi connectivity index (χ4v) is 1.34. The van der Waals surface area contributed by atoms with E-state index in [0.717, 1.165) is 16.0 Å². The van der Waals surface area contributed by atoms with Gasteiger partial charge >= 0.3 is 0 Å². The van der Waals surface area contributed by atoms with Crippen LogP contribution in [-0.4, -0.2) is 6.26 Å². The molecule has 0 bridgehead atoms. The lowest BCUT2D eigenvalue weighted by Crippen LogP contribution is -1.83. The van der Waals surface area contributed by atoms with Gasteiger partial charge in [-0.3, -0.25) is 0 Å². The van der Waals surface area contributed by atoms with Gasteiger partial charge in [-0.05, 0) is 24.5 Å². The van der Waals surface area contributed by atoms with Crippen LogP contribution in [0.1, 0.15) is 11.1 Å². The summed E-state index contributed by atoms with van der Waals surface area (Å²) < 4.78 is 0. The van der Waals surface area contributed by atoms with Crippen molar-refractivity contribution in [2.45, 2.75) is 4.90 Å². The minimum absolute atomic E-state index is 0.787. The molecule has 1 aromatic carbocycles. The molecule has 0 heterocycles. The average Bonchev–Trinajstić information content (AvgIpc) is 2.16. The van der Waals surface area contributed by atoms with Gasteiger partial charge < -0.3 is 0 Å². The first-order valence-corrected chi connectivity index (χ1v) is 4.65. The first-order valence-electron chi connectivity index (χ1n) is 3.43. The highest BCUT2D eigenvalue weighted by Crippen LogP contribution is 2.18. The Bertz CT molecular complexity index is 364. The molecule has 0 saturated carbocycles. The van der Waals surface area contributed by atoms with Gasteiger partial charge in [-0.25, -0.2) is 0 Å². The molecule has 1 aromatic rings. The second-order valence-electron chi connectivity index (χ2n) is 2.20. The van der Waals surface area contributed by atoms with Gasteiger partial charge in [0.1, 0.15) is 0 Å². The molecule has 0 fully saturated rings. The Hall–Kier alpha value is -1.31. The van der Waals surface area contributed by atoms with Gasteiger partial charge in [0.15, 0.2) is 0 Å². The normalized spacial score (nSPS) is 8.58. The molecule has 0 spiro atoms. The second kappa shape index (κ2) is 3.90. The van der Waals surface area contributed by atoms with E-state index in [1.807, 2.05) is 24.5 Å². The number of benzene rings is 1. The monoisotopic (exact) mass is 172 g/mol. The Morgan fingerprint density at radius 2 is 1.83 bits per heavy atom. The lowest BCUT2D eigenvalue weighted by molar-refractivity contribution is 1.42. The third kappa shape index (κ3) is 1.64. The molecule has 0 aromatic heterocycles. The van der Waals surface area contributed by atoms with E-state index >= 15 is 0 Å². The first kappa shape index (κ1) is 8.78. The highest BCUT2D eigenvalue weighted by atomic mass is 32.2. The van der Waals surface area contributed by atoms with Gasteiger partial charge in [0.2, 0.25) is 0 Å². The smallest absolute Gasteiger partial charge is 0.0410 e. The number of rotatable bonds is 1. The van der Waals surface area contributed by atoms with E-state index in [9.17, 15) is 0 Å². The van der Waals surface area contributed by atoms with Crippen LogP contribution in [0.2, 0.25) is 0 Å². The van der Waals surface area contributed by atoms with Crippen LogP contribution >= 0.6 is 11.8 Å². The van der Waals surface area contributed by atoms with Crippen molar-refractivity contribution in [1.29, 1.82) is 0 Å². The molecule has 1 rings (SSSR count). The van der Waals surface area contributed by atoms with Crippen LogP contribution < -0.4 is 0 Å². The van der Waals surface area contributed by atoms with Crippen molar-refractivity contribution in [3.63, 3.8) is 0 Å². The third-order valence-corrected chi connectivity index (χ3v) is 2.26. The first-order chi connectivity index (χ1) is 5.81. The van der Waals surface area contributed by atoms with E-state index in [1.54, 1.807) is 11.8 Å². The van der Waals surface area contributed by atoms with Crippen LogP contribution in [0.25, 0.3) is 0 Å². The van der Waals surface area contributed by atoms with Crippen molar-refractivity contribution >= 4 is 11.8 Å². The van der Waals surface area contributed by atoms with Gasteiger partial charge in [-0.2, -0.15) is 0 Å². The Kier molecular flexibility index (Phi) is 2.86. The maximum Gasteiger partial charge on any atom is 0.0410 e. The van der Waals surface area contributed by atoms with Crippen LogP contribution in [0.3, 0.4) is 0 Å². The van der Waals surface area contributed by atoms with Gasteiger partial charge in [-0.1, -0.05) is 11.8 Å². The van der Waals surface area contributed by atoms with Crippen molar-refractivity contribution in [1.82, 2.24) is 0 Å². The largest absolute Gasteiger partial charge is 0.130 e. The highest BCUT2D eigenvalue weighted by molar-refractivity contribution is 7.98. The molecule has 0 N–H and O–H groups in total. The maximum atomic E-state index is 5.29. The van der Waals surface area contributed by atoms with Crippen molar-refractivity contribution in [3.8, 4) is 24.7 Å². The predicted octanol–water partition coefficient (Wildman–Crippen LogP) is 2.37. The molecule has 0 atom stereocenters. The zero-order valence-corrected chi connectivity index (χ0v) is 7.61. The van der Waals surface area contributed by atoms with Crippen molar-refractivity contribution in [2.24, 2.45) is 0 Å². The van der Waals surface area contributed by atoms with Crippen molar-refractivity contribution < 1.29 is 0 Å². The summed E-state index contributed by atoms with van der Waals surface area (Å²) in [4.78, 5) is 1.14. The van der Waals surface area contributed by atoms with Gasteiger partial charge in [-0.15, -0.1) is 24.6 Å². The van der Waals surface area contributed by atoms with E-state index in [-0.39, 0.29) is 0 Å². The zero-order valence-electron chi connectivity index (χ0n) is 6.79. The van der Waals surface area contributed by atoms with Crippen LogP contribution in [0, 0.1) is 24.7 Å². The summed E-state index contributed by atoms with van der Waals surface area (Å²) in [6.45, 7) is 0. The number of hydrogen-bond donors (Lipinski definition) is 0. The van der Waals surface area contributed by atoms with Crippen LogP contribution in [0.15, 0.2) is 23.1 Å². The summed E-state index contributed by atoms with van der Waals surface area (Å²) >= 11 is 1.65. The fraction of sp³-hybridized carbons (Fsp3) is 0.0909. The fourth-order valence-electron chi connectivity index (χ4n) is 0.896. The van der Waals surface area contributed by atoms with Crippen molar-refractivity contribution in [3.05, 3.63) is 29.3 Å². The number of hydrogen-bond acceptors (Lipinski definition) is 1. The predicted molar refractivity (Wildman–Crippen MR) is 54.1 cm³/mol. The van der Waals surface area contributed by atoms with Crippen LogP contribution in [-0.2, 0) is 0 Å². The maximum absolute atomic E-state index is 5.29. The quantitative estimate of drug-likeness (QED) is 0.463. The zero-order chi connectivity index (χ0) is 8.97. The standard InChI is InChI=1S/C11H8S/c1-4-9-6-7-11(12-3)8-10(9)5-2/h1-2,6-8H,3H3. The van der Waals surface area contributed by atoms with Gasteiger partial charge in [0.25, 0.3) is 0 Å². The summed E-state index contributed by atoms with van der Waals surface area (Å²) in [5, 5.41) is 0. The Balaban J connectivity index is 3.25. The van der Waals surface area contributed by atoms with Gasteiger partial charge in [0.05, 0.1) is 0 Å². The second-order valence-corrected chi connectivity index (χ2v) is 3.08. The Morgan fingerprint density at radius 1 is 1.17 bits per heavy atom. The molecule has 0 aliphatic heterocycles. The van der Waals surface area contributed by atoms with E-state index in [0.29, 0.717) is 0 Å². The van der Waals surface area contributed by atoms with E-state index in [4.69, 9.17) is 12.8 Å². The molecule has 12 heavy (non-hydrogen) atoms. The lowest BCUT2D eigenvalue weighted by atomic mass is 10.1. The number of thioether (sulfide) groups is 1. The van der Waals surface area contributed by atoms with E-state index < -0.39 is 0 Å². The highest BCUT2D eigenvalue weighted by Gasteiger charge is 1.97. The lowest BCUT2D eigenvalue weighted by Gasteiger charge is -1.99. The summed E-state index contributed by atoms with van der Waals surface area (Å²) in [7, 11) is 0. The number of terminal acetylenes is 2. The minimum atomic E-state index is 0.787. The third-order valence-electron chi connectivity index (χ3n) is 1.54. The topological polar surface area (TPSA) is 0 Å². The van der Waals surface area contributed by atoms with E-state index in [2.05, 4.69) is 11.8 Å². The molecule has 0 amide bonds. The molecule has 0 radical (unpaired) electrons. The van der Waals surface area contributed by atoms with Gasteiger partial charge in [0, 0.05) is 16.0 Å². The molecular weight excluding hydrogens is 164 g/mol. The summed E-state index contributed by atoms with van der Waals surface area (Å²) in [6.07, 6.45) is 12.6. The molecule has 0 saturated heterocycles. The molecule has 1 heteroatoms. The summed E-state index contributed by atoms with van der Waals surface area (Å²) in [6, 6.07) is 5.78. The minimum Gasteiger partial charge on any atom is -0.130 e. The van der Waals surface area contributed by atoms with Crippen LogP contribution in [0.5, 0.6) is 0 Å². The average molecular weight is 172 g/mol. The SMILES string of the molecule is C#Cc1ccc(SC)cc1C#C. The molecule has 58 valence electrons. The Labute approximate surface area is 77.4 Å². The molecular formula is C11H8S.